The van der Waals surface area contributed by atoms with E-state index in [0.717, 1.165) is 15.8 Å². The fraction of sp³-hybridized carbons (Fsp3) is 0.0714. The van der Waals surface area contributed by atoms with Crippen LogP contribution in [0.25, 0.3) is 10.2 Å². The SMILES string of the molecule is Cc1ccc2nc(Nc3cc(C(=O)O)cc(Cl)n3)sc2c1. The molecule has 21 heavy (non-hydrogen) atoms. The predicted octanol–water partition coefficient (Wildman–Crippen LogP) is 4.09. The summed E-state index contributed by atoms with van der Waals surface area (Å²) in [7, 11) is 0. The maximum atomic E-state index is 11.0. The van der Waals surface area contributed by atoms with Crippen LogP contribution in [0.2, 0.25) is 5.15 Å². The average Bonchev–Trinajstić information content (AvgIpc) is 2.79. The van der Waals surface area contributed by atoms with Crippen molar-refractivity contribution in [2.24, 2.45) is 0 Å². The highest BCUT2D eigenvalue weighted by molar-refractivity contribution is 7.22. The average molecular weight is 320 g/mol. The first kappa shape index (κ1) is 13.8. The maximum absolute atomic E-state index is 11.0. The van der Waals surface area contributed by atoms with Gasteiger partial charge in [0.05, 0.1) is 15.8 Å². The van der Waals surface area contributed by atoms with Gasteiger partial charge in [0.15, 0.2) is 5.13 Å². The van der Waals surface area contributed by atoms with Crippen LogP contribution in [0.1, 0.15) is 15.9 Å². The summed E-state index contributed by atoms with van der Waals surface area (Å²) in [4.78, 5) is 19.5. The molecule has 0 atom stereocenters. The van der Waals surface area contributed by atoms with E-state index in [1.165, 1.54) is 23.5 Å². The summed E-state index contributed by atoms with van der Waals surface area (Å²) in [5, 5.41) is 12.8. The lowest BCUT2D eigenvalue weighted by Gasteiger charge is -2.03. The number of aromatic nitrogens is 2. The first-order valence-electron chi connectivity index (χ1n) is 6.06. The minimum Gasteiger partial charge on any atom is -0.478 e. The number of hydrogen-bond acceptors (Lipinski definition) is 5. The number of rotatable bonds is 3. The normalized spacial score (nSPS) is 10.8. The van der Waals surface area contributed by atoms with Crippen LogP contribution in [0.3, 0.4) is 0 Å². The van der Waals surface area contributed by atoms with Crippen molar-refractivity contribution >= 4 is 50.1 Å². The molecule has 3 aromatic rings. The number of fused-ring (bicyclic) bond motifs is 1. The lowest BCUT2D eigenvalue weighted by atomic mass is 10.2. The minimum absolute atomic E-state index is 0.0782. The van der Waals surface area contributed by atoms with Crippen molar-refractivity contribution in [2.45, 2.75) is 6.92 Å². The van der Waals surface area contributed by atoms with Crippen LogP contribution in [0, 0.1) is 6.92 Å². The molecule has 0 fully saturated rings. The smallest absolute Gasteiger partial charge is 0.335 e. The summed E-state index contributed by atoms with van der Waals surface area (Å²) in [6.45, 7) is 2.02. The maximum Gasteiger partial charge on any atom is 0.335 e. The van der Waals surface area contributed by atoms with Gasteiger partial charge in [-0.1, -0.05) is 29.0 Å². The lowest BCUT2D eigenvalue weighted by Crippen LogP contribution is -2.00. The highest BCUT2D eigenvalue weighted by Gasteiger charge is 2.10. The van der Waals surface area contributed by atoms with Crippen LogP contribution in [-0.4, -0.2) is 21.0 Å². The monoisotopic (exact) mass is 319 g/mol. The molecule has 0 amide bonds. The number of aryl methyl sites for hydroxylation is 1. The van der Waals surface area contributed by atoms with Crippen molar-refractivity contribution in [2.75, 3.05) is 5.32 Å². The summed E-state index contributed by atoms with van der Waals surface area (Å²) >= 11 is 7.30. The molecule has 0 spiro atoms. The molecule has 2 aromatic heterocycles. The number of carboxylic acids is 1. The molecule has 0 bridgehead atoms. The van der Waals surface area contributed by atoms with E-state index < -0.39 is 5.97 Å². The molecule has 0 aliphatic rings. The largest absolute Gasteiger partial charge is 0.478 e. The predicted molar refractivity (Wildman–Crippen MR) is 83.8 cm³/mol. The first-order chi connectivity index (χ1) is 10.0. The molecule has 0 radical (unpaired) electrons. The third kappa shape index (κ3) is 2.96. The molecule has 0 aliphatic heterocycles. The second kappa shape index (κ2) is 5.31. The summed E-state index contributed by atoms with van der Waals surface area (Å²) < 4.78 is 1.05. The number of nitrogens with one attached hydrogen (secondary N) is 1. The number of hydrogen-bond donors (Lipinski definition) is 2. The van der Waals surface area contributed by atoms with E-state index in [1.807, 2.05) is 25.1 Å². The van der Waals surface area contributed by atoms with E-state index in [2.05, 4.69) is 15.3 Å². The second-order valence-electron chi connectivity index (χ2n) is 4.48. The van der Waals surface area contributed by atoms with E-state index in [-0.39, 0.29) is 10.7 Å². The van der Waals surface area contributed by atoms with Gasteiger partial charge in [0, 0.05) is 0 Å². The van der Waals surface area contributed by atoms with Gasteiger partial charge in [-0.15, -0.1) is 0 Å². The molecular formula is C14H10ClN3O2S. The molecule has 2 N–H and O–H groups in total. The molecule has 0 aliphatic carbocycles. The van der Waals surface area contributed by atoms with Gasteiger partial charge in [-0.3, -0.25) is 0 Å². The van der Waals surface area contributed by atoms with Crippen molar-refractivity contribution in [3.63, 3.8) is 0 Å². The number of benzene rings is 1. The first-order valence-corrected chi connectivity index (χ1v) is 7.26. The van der Waals surface area contributed by atoms with Gasteiger partial charge in [0.2, 0.25) is 0 Å². The number of thiazole rings is 1. The number of aromatic carboxylic acids is 1. The molecule has 2 heterocycles. The van der Waals surface area contributed by atoms with Gasteiger partial charge in [-0.25, -0.2) is 14.8 Å². The quantitative estimate of drug-likeness (QED) is 0.711. The van der Waals surface area contributed by atoms with Gasteiger partial charge in [0.1, 0.15) is 11.0 Å². The number of anilines is 2. The third-order valence-electron chi connectivity index (χ3n) is 2.82. The van der Waals surface area contributed by atoms with E-state index in [9.17, 15) is 4.79 Å². The zero-order chi connectivity index (χ0) is 15.0. The number of pyridine rings is 1. The summed E-state index contributed by atoms with van der Waals surface area (Å²) in [5.41, 5.74) is 2.12. The number of nitrogens with zero attached hydrogens (tertiary/aromatic N) is 2. The Morgan fingerprint density at radius 2 is 2.10 bits per heavy atom. The molecule has 7 heteroatoms. The highest BCUT2D eigenvalue weighted by atomic mass is 35.5. The van der Waals surface area contributed by atoms with Gasteiger partial charge >= 0.3 is 5.97 Å². The number of carbonyl (C=O) groups is 1. The van der Waals surface area contributed by atoms with E-state index in [4.69, 9.17) is 16.7 Å². The van der Waals surface area contributed by atoms with E-state index in [0.29, 0.717) is 10.9 Å². The van der Waals surface area contributed by atoms with Crippen molar-refractivity contribution in [3.8, 4) is 0 Å². The number of halogens is 1. The highest BCUT2D eigenvalue weighted by Crippen LogP contribution is 2.29. The van der Waals surface area contributed by atoms with Crippen molar-refractivity contribution in [1.82, 2.24) is 9.97 Å². The number of carboxylic acid groups (broad SMARTS) is 1. The Balaban J connectivity index is 1.96. The van der Waals surface area contributed by atoms with Gasteiger partial charge in [0.25, 0.3) is 0 Å². The van der Waals surface area contributed by atoms with Crippen molar-refractivity contribution in [3.05, 3.63) is 46.6 Å². The van der Waals surface area contributed by atoms with Crippen LogP contribution < -0.4 is 5.32 Å². The zero-order valence-corrected chi connectivity index (χ0v) is 12.5. The fourth-order valence-corrected chi connectivity index (χ4v) is 3.06. The Kier molecular flexibility index (Phi) is 3.48. The van der Waals surface area contributed by atoms with Crippen LogP contribution >= 0.6 is 22.9 Å². The zero-order valence-electron chi connectivity index (χ0n) is 10.9. The van der Waals surface area contributed by atoms with E-state index >= 15 is 0 Å². The standard InChI is InChI=1S/C14H10ClN3O2S/c1-7-2-3-9-10(4-7)21-14(16-9)18-12-6-8(13(19)20)5-11(15)17-12/h2-6H,1H3,(H,19,20)(H,16,17,18). The second-order valence-corrected chi connectivity index (χ2v) is 5.90. The molecule has 0 saturated heterocycles. The molecule has 1 aromatic carbocycles. The Labute approximate surface area is 129 Å². The topological polar surface area (TPSA) is 75.1 Å². The Hall–Kier alpha value is -2.18. The van der Waals surface area contributed by atoms with Crippen LogP contribution in [0.5, 0.6) is 0 Å². The van der Waals surface area contributed by atoms with Gasteiger partial charge in [-0.05, 0) is 36.8 Å². The molecule has 0 saturated carbocycles. The summed E-state index contributed by atoms with van der Waals surface area (Å²) in [5.74, 6) is -0.696. The Morgan fingerprint density at radius 1 is 1.29 bits per heavy atom. The van der Waals surface area contributed by atoms with Crippen LogP contribution in [-0.2, 0) is 0 Å². The van der Waals surface area contributed by atoms with Gasteiger partial charge in [-0.2, -0.15) is 0 Å². The van der Waals surface area contributed by atoms with Crippen LogP contribution in [0.4, 0.5) is 10.9 Å². The molecule has 106 valence electrons. The summed E-state index contributed by atoms with van der Waals surface area (Å²) in [6.07, 6.45) is 0. The third-order valence-corrected chi connectivity index (χ3v) is 3.95. The fourth-order valence-electron chi connectivity index (χ4n) is 1.88. The Bertz CT molecular complexity index is 847. The minimum atomic E-state index is -1.05. The molecule has 3 rings (SSSR count). The van der Waals surface area contributed by atoms with Crippen molar-refractivity contribution in [1.29, 1.82) is 0 Å². The van der Waals surface area contributed by atoms with E-state index in [1.54, 1.807) is 0 Å². The molecular weight excluding hydrogens is 310 g/mol. The lowest BCUT2D eigenvalue weighted by molar-refractivity contribution is 0.0697. The molecule has 0 unspecified atom stereocenters. The summed E-state index contributed by atoms with van der Waals surface area (Å²) in [6, 6.07) is 8.71. The Morgan fingerprint density at radius 3 is 2.86 bits per heavy atom. The van der Waals surface area contributed by atoms with Crippen LogP contribution in [0.15, 0.2) is 30.3 Å². The molecule has 5 nitrogen and oxygen atoms in total. The van der Waals surface area contributed by atoms with Gasteiger partial charge < -0.3 is 10.4 Å². The van der Waals surface area contributed by atoms with Crippen molar-refractivity contribution < 1.29 is 9.90 Å².